The van der Waals surface area contributed by atoms with Crippen LogP contribution in [0, 0.1) is 0 Å². The zero-order valence-electron chi connectivity index (χ0n) is 14.4. The average Bonchev–Trinajstić information content (AvgIpc) is 2.98. The predicted molar refractivity (Wildman–Crippen MR) is 99.2 cm³/mol. The summed E-state index contributed by atoms with van der Waals surface area (Å²) in [7, 11) is 3.58. The van der Waals surface area contributed by atoms with Gasteiger partial charge >= 0.3 is 0 Å². The van der Waals surface area contributed by atoms with Crippen LogP contribution in [-0.4, -0.2) is 37.2 Å². The maximum Gasteiger partial charge on any atom is 0.247 e. The number of benzene rings is 2. The van der Waals surface area contributed by atoms with Crippen molar-refractivity contribution in [3.8, 4) is 5.75 Å². The Labute approximate surface area is 146 Å². The molecule has 3 aromatic rings. The Morgan fingerprint density at radius 3 is 2.76 bits per heavy atom. The van der Waals surface area contributed by atoms with Gasteiger partial charge in [0.25, 0.3) is 0 Å². The maximum absolute atomic E-state index is 12.5. The third kappa shape index (κ3) is 2.76. The summed E-state index contributed by atoms with van der Waals surface area (Å²) in [5, 5.41) is 4.11. The van der Waals surface area contributed by atoms with Gasteiger partial charge in [0.1, 0.15) is 18.4 Å². The molecule has 2 aromatic carbocycles. The molecule has 1 N–H and O–H groups in total. The second kappa shape index (κ2) is 6.26. The lowest BCUT2D eigenvalue weighted by atomic mass is 10.2. The molecule has 0 spiro atoms. The van der Waals surface area contributed by atoms with E-state index in [0.717, 1.165) is 28.9 Å². The minimum absolute atomic E-state index is 0.0179. The zero-order valence-corrected chi connectivity index (χ0v) is 14.4. The van der Waals surface area contributed by atoms with Crippen LogP contribution in [-0.2, 0) is 11.3 Å². The fourth-order valence-electron chi connectivity index (χ4n) is 3.31. The fourth-order valence-corrected chi connectivity index (χ4v) is 3.31. The molecule has 1 aromatic heterocycles. The number of fused-ring (bicyclic) bond motifs is 2. The van der Waals surface area contributed by atoms with Gasteiger partial charge in [-0.3, -0.25) is 4.79 Å². The molecule has 0 radical (unpaired) electrons. The SMILES string of the molecule is CN[C@H]1COc2cc3c(ccn3Cc3ccccc3)cc2N(C)C1=O. The molecule has 0 aliphatic carbocycles. The fraction of sp³-hybridized carbons (Fsp3) is 0.250. The van der Waals surface area contributed by atoms with Crippen molar-refractivity contribution in [2.75, 3.05) is 25.6 Å². The molecule has 0 unspecified atom stereocenters. The highest BCUT2D eigenvalue weighted by molar-refractivity contribution is 6.01. The molecule has 4 rings (SSSR count). The predicted octanol–water partition coefficient (Wildman–Crippen LogP) is 2.63. The van der Waals surface area contributed by atoms with E-state index in [1.165, 1.54) is 5.56 Å². The molecular weight excluding hydrogens is 314 g/mol. The van der Waals surface area contributed by atoms with Gasteiger partial charge in [0.15, 0.2) is 0 Å². The number of amides is 1. The van der Waals surface area contributed by atoms with E-state index in [2.05, 4.69) is 46.4 Å². The quantitative estimate of drug-likeness (QED) is 0.800. The summed E-state index contributed by atoms with van der Waals surface area (Å²) in [5.74, 6) is 0.762. The zero-order chi connectivity index (χ0) is 17.4. The standard InChI is InChI=1S/C20H21N3O2/c1-21-16-13-25-19-11-17-15(10-18(19)22(2)20(16)24)8-9-23(17)12-14-6-4-3-5-7-14/h3-11,16,21H,12-13H2,1-2H3/t16-/m0/s1. The van der Waals surface area contributed by atoms with Crippen LogP contribution in [0.3, 0.4) is 0 Å². The van der Waals surface area contributed by atoms with Crippen molar-refractivity contribution < 1.29 is 9.53 Å². The van der Waals surface area contributed by atoms with Crippen LogP contribution in [0.15, 0.2) is 54.7 Å². The summed E-state index contributed by atoms with van der Waals surface area (Å²) in [6.45, 7) is 1.13. The van der Waals surface area contributed by atoms with Crippen molar-refractivity contribution in [3.05, 3.63) is 60.3 Å². The van der Waals surface area contributed by atoms with Crippen molar-refractivity contribution in [2.45, 2.75) is 12.6 Å². The largest absolute Gasteiger partial charge is 0.489 e. The normalized spacial score (nSPS) is 17.3. The topological polar surface area (TPSA) is 46.5 Å². The van der Waals surface area contributed by atoms with Gasteiger partial charge in [-0.15, -0.1) is 0 Å². The third-order valence-corrected chi connectivity index (χ3v) is 4.79. The molecule has 128 valence electrons. The van der Waals surface area contributed by atoms with Gasteiger partial charge < -0.3 is 19.5 Å². The number of carbonyl (C=O) groups excluding carboxylic acids is 1. The van der Waals surface area contributed by atoms with E-state index in [-0.39, 0.29) is 11.9 Å². The number of carbonyl (C=O) groups is 1. The molecule has 1 atom stereocenters. The minimum Gasteiger partial charge on any atom is -0.489 e. The molecule has 25 heavy (non-hydrogen) atoms. The smallest absolute Gasteiger partial charge is 0.247 e. The van der Waals surface area contributed by atoms with Crippen molar-refractivity contribution in [2.24, 2.45) is 0 Å². The minimum atomic E-state index is -0.330. The van der Waals surface area contributed by atoms with Crippen molar-refractivity contribution in [1.82, 2.24) is 9.88 Å². The van der Waals surface area contributed by atoms with E-state index in [1.807, 2.05) is 18.2 Å². The molecule has 0 bridgehead atoms. The number of ether oxygens (including phenoxy) is 1. The Morgan fingerprint density at radius 1 is 1.20 bits per heavy atom. The maximum atomic E-state index is 12.5. The molecule has 1 aliphatic rings. The average molecular weight is 335 g/mol. The van der Waals surface area contributed by atoms with Gasteiger partial charge in [0, 0.05) is 31.2 Å². The molecular formula is C20H21N3O2. The van der Waals surface area contributed by atoms with Crippen molar-refractivity contribution in [1.29, 1.82) is 0 Å². The lowest BCUT2D eigenvalue weighted by Crippen LogP contribution is -2.45. The Hall–Kier alpha value is -2.79. The highest BCUT2D eigenvalue weighted by atomic mass is 16.5. The first kappa shape index (κ1) is 15.7. The van der Waals surface area contributed by atoms with Crippen LogP contribution in [0.5, 0.6) is 5.75 Å². The van der Waals surface area contributed by atoms with E-state index in [9.17, 15) is 4.79 Å². The first-order valence-corrected chi connectivity index (χ1v) is 8.42. The Balaban J connectivity index is 1.75. The van der Waals surface area contributed by atoms with E-state index >= 15 is 0 Å². The highest BCUT2D eigenvalue weighted by Gasteiger charge is 2.28. The first-order chi connectivity index (χ1) is 12.2. The third-order valence-electron chi connectivity index (χ3n) is 4.79. The number of hydrogen-bond acceptors (Lipinski definition) is 3. The Kier molecular flexibility index (Phi) is 3.93. The van der Waals surface area contributed by atoms with Crippen LogP contribution < -0.4 is 15.0 Å². The summed E-state index contributed by atoms with van der Waals surface area (Å²) in [6, 6.07) is 16.2. The number of nitrogens with zero attached hydrogens (tertiary/aromatic N) is 2. The number of hydrogen-bond donors (Lipinski definition) is 1. The van der Waals surface area contributed by atoms with E-state index in [1.54, 1.807) is 19.0 Å². The van der Waals surface area contributed by atoms with E-state index in [0.29, 0.717) is 6.61 Å². The summed E-state index contributed by atoms with van der Waals surface area (Å²) < 4.78 is 8.14. The van der Waals surface area contributed by atoms with Gasteiger partial charge in [-0.2, -0.15) is 0 Å². The van der Waals surface area contributed by atoms with Crippen LogP contribution in [0.4, 0.5) is 5.69 Å². The van der Waals surface area contributed by atoms with E-state index in [4.69, 9.17) is 4.74 Å². The summed E-state index contributed by atoms with van der Waals surface area (Å²) in [5.41, 5.74) is 3.16. The van der Waals surface area contributed by atoms with Gasteiger partial charge in [-0.1, -0.05) is 30.3 Å². The van der Waals surface area contributed by atoms with Crippen LogP contribution >= 0.6 is 0 Å². The number of aromatic nitrogens is 1. The van der Waals surface area contributed by atoms with Crippen LogP contribution in [0.25, 0.3) is 10.9 Å². The van der Waals surface area contributed by atoms with Gasteiger partial charge in [-0.05, 0) is 24.7 Å². The summed E-state index contributed by atoms with van der Waals surface area (Å²) in [4.78, 5) is 14.2. The second-order valence-corrected chi connectivity index (χ2v) is 6.36. The van der Waals surface area contributed by atoms with Gasteiger partial charge in [0.2, 0.25) is 5.91 Å². The molecule has 1 amide bonds. The molecule has 5 nitrogen and oxygen atoms in total. The van der Waals surface area contributed by atoms with Crippen molar-refractivity contribution >= 4 is 22.5 Å². The molecule has 0 saturated heterocycles. The summed E-state index contributed by atoms with van der Waals surface area (Å²) >= 11 is 0. The highest BCUT2D eigenvalue weighted by Crippen LogP contribution is 2.35. The molecule has 0 saturated carbocycles. The lowest BCUT2D eigenvalue weighted by molar-refractivity contribution is -0.120. The lowest BCUT2D eigenvalue weighted by Gasteiger charge is -2.19. The number of likely N-dealkylation sites (N-methyl/N-ethyl adjacent to an activating group) is 2. The molecule has 5 heteroatoms. The molecule has 1 aliphatic heterocycles. The number of nitrogens with one attached hydrogen (secondary N) is 1. The van der Waals surface area contributed by atoms with Gasteiger partial charge in [-0.25, -0.2) is 0 Å². The Morgan fingerprint density at radius 2 is 2.00 bits per heavy atom. The summed E-state index contributed by atoms with van der Waals surface area (Å²) in [6.07, 6.45) is 2.08. The number of anilines is 1. The number of rotatable bonds is 3. The van der Waals surface area contributed by atoms with Crippen molar-refractivity contribution in [3.63, 3.8) is 0 Å². The monoisotopic (exact) mass is 335 g/mol. The Bertz CT molecular complexity index is 917. The second-order valence-electron chi connectivity index (χ2n) is 6.36. The van der Waals surface area contributed by atoms with Crippen LogP contribution in [0.2, 0.25) is 0 Å². The van der Waals surface area contributed by atoms with E-state index < -0.39 is 0 Å². The van der Waals surface area contributed by atoms with Crippen LogP contribution in [0.1, 0.15) is 5.56 Å². The molecule has 0 fully saturated rings. The first-order valence-electron chi connectivity index (χ1n) is 8.42. The molecule has 2 heterocycles. The van der Waals surface area contributed by atoms with Gasteiger partial charge in [0.05, 0.1) is 11.2 Å².